The second-order valence-corrected chi connectivity index (χ2v) is 10.0. The fourth-order valence-corrected chi connectivity index (χ4v) is 6.11. The van der Waals surface area contributed by atoms with Crippen LogP contribution in [0.25, 0.3) is 66.1 Å². The molecular formula is C36H22N4. The first-order valence-electron chi connectivity index (χ1n) is 13.3. The zero-order valence-electron chi connectivity index (χ0n) is 21.5. The molecule has 4 nitrogen and oxygen atoms in total. The number of hydrogen-bond acceptors (Lipinski definition) is 2. The first-order valence-corrected chi connectivity index (χ1v) is 13.3. The molecular weight excluding hydrogens is 488 g/mol. The van der Waals surface area contributed by atoms with Crippen LogP contribution in [0.1, 0.15) is 5.56 Å². The summed E-state index contributed by atoms with van der Waals surface area (Å²) in [5.74, 6) is 0. The molecule has 0 saturated heterocycles. The van der Waals surface area contributed by atoms with E-state index in [0.29, 0.717) is 5.56 Å². The third-order valence-corrected chi connectivity index (χ3v) is 7.83. The largest absolute Gasteiger partial charge is 0.309 e. The topological polar surface area (TPSA) is 46.5 Å². The summed E-state index contributed by atoms with van der Waals surface area (Å²) in [6.07, 6.45) is 3.74. The van der Waals surface area contributed by atoms with Crippen LogP contribution in [0.2, 0.25) is 0 Å². The van der Waals surface area contributed by atoms with Crippen LogP contribution in [0.4, 0.5) is 0 Å². The maximum Gasteiger partial charge on any atom is 0.0998 e. The Morgan fingerprint density at radius 3 is 1.48 bits per heavy atom. The zero-order chi connectivity index (χ0) is 26.6. The third kappa shape index (κ3) is 3.22. The number of aromatic nitrogens is 3. The minimum atomic E-state index is 0.616. The molecule has 3 heterocycles. The van der Waals surface area contributed by atoms with Crippen LogP contribution in [0.15, 0.2) is 134 Å². The van der Waals surface area contributed by atoms with Gasteiger partial charge in [0.05, 0.1) is 45.6 Å². The fraction of sp³-hybridized carbons (Fsp3) is 0. The second-order valence-electron chi connectivity index (χ2n) is 10.0. The molecule has 3 aromatic heterocycles. The Morgan fingerprint density at radius 1 is 0.500 bits per heavy atom. The van der Waals surface area contributed by atoms with E-state index >= 15 is 0 Å². The number of para-hydroxylation sites is 4. The summed E-state index contributed by atoms with van der Waals surface area (Å²) in [4.78, 5) is 4.66. The molecule has 186 valence electrons. The van der Waals surface area contributed by atoms with Crippen LogP contribution in [0.3, 0.4) is 0 Å². The predicted molar refractivity (Wildman–Crippen MR) is 163 cm³/mol. The first-order chi connectivity index (χ1) is 19.8. The Balaban J connectivity index is 1.36. The summed E-state index contributed by atoms with van der Waals surface area (Å²) >= 11 is 0. The Hall–Kier alpha value is -5.66. The summed E-state index contributed by atoms with van der Waals surface area (Å²) in [6.45, 7) is 0. The monoisotopic (exact) mass is 510 g/mol. The molecule has 0 bridgehead atoms. The molecule has 0 fully saturated rings. The summed E-state index contributed by atoms with van der Waals surface area (Å²) < 4.78 is 4.53. The normalized spacial score (nSPS) is 11.5. The van der Waals surface area contributed by atoms with Crippen LogP contribution in [0, 0.1) is 11.3 Å². The highest BCUT2D eigenvalue weighted by molar-refractivity contribution is 6.10. The van der Waals surface area contributed by atoms with Gasteiger partial charge in [0, 0.05) is 44.6 Å². The number of hydrogen-bond donors (Lipinski definition) is 0. The van der Waals surface area contributed by atoms with Gasteiger partial charge in [-0.1, -0.05) is 72.8 Å². The lowest BCUT2D eigenvalue weighted by Crippen LogP contribution is -1.98. The lowest BCUT2D eigenvalue weighted by atomic mass is 10.0. The van der Waals surface area contributed by atoms with Gasteiger partial charge in [0.15, 0.2) is 0 Å². The minimum absolute atomic E-state index is 0.616. The number of fused-ring (bicyclic) bond motifs is 6. The number of pyridine rings is 1. The minimum Gasteiger partial charge on any atom is -0.309 e. The van der Waals surface area contributed by atoms with Crippen molar-refractivity contribution >= 4 is 43.6 Å². The lowest BCUT2D eigenvalue weighted by Gasteiger charge is -2.13. The Bertz CT molecular complexity index is 2190. The van der Waals surface area contributed by atoms with Crippen molar-refractivity contribution in [2.45, 2.75) is 0 Å². The quantitative estimate of drug-likeness (QED) is 0.238. The zero-order valence-corrected chi connectivity index (χ0v) is 21.5. The van der Waals surface area contributed by atoms with Gasteiger partial charge < -0.3 is 9.13 Å². The average molecular weight is 511 g/mol. The summed E-state index contributed by atoms with van der Waals surface area (Å²) in [6, 6.07) is 44.4. The lowest BCUT2D eigenvalue weighted by molar-refractivity contribution is 1.14. The molecule has 0 radical (unpaired) electrons. The van der Waals surface area contributed by atoms with E-state index in [0.717, 1.165) is 44.6 Å². The van der Waals surface area contributed by atoms with Crippen LogP contribution >= 0.6 is 0 Å². The van der Waals surface area contributed by atoms with E-state index < -0.39 is 0 Å². The highest BCUT2D eigenvalue weighted by Crippen LogP contribution is 2.36. The van der Waals surface area contributed by atoms with Crippen LogP contribution in [-0.4, -0.2) is 14.1 Å². The molecule has 8 rings (SSSR count). The molecule has 0 N–H and O–H groups in total. The molecule has 0 aliphatic carbocycles. The van der Waals surface area contributed by atoms with Gasteiger partial charge in [-0.2, -0.15) is 5.26 Å². The van der Waals surface area contributed by atoms with Gasteiger partial charge in [0.1, 0.15) is 0 Å². The summed E-state index contributed by atoms with van der Waals surface area (Å²) in [7, 11) is 0. The molecule has 40 heavy (non-hydrogen) atoms. The molecule has 0 amide bonds. The van der Waals surface area contributed by atoms with Gasteiger partial charge in [0.25, 0.3) is 0 Å². The smallest absolute Gasteiger partial charge is 0.0998 e. The van der Waals surface area contributed by atoms with Crippen molar-refractivity contribution in [2.75, 3.05) is 0 Å². The van der Waals surface area contributed by atoms with Crippen molar-refractivity contribution in [3.05, 3.63) is 139 Å². The van der Waals surface area contributed by atoms with Gasteiger partial charge in [-0.15, -0.1) is 0 Å². The number of benzene rings is 5. The van der Waals surface area contributed by atoms with Crippen molar-refractivity contribution < 1.29 is 0 Å². The second kappa shape index (κ2) is 8.69. The summed E-state index contributed by atoms with van der Waals surface area (Å²) in [5, 5.41) is 14.9. The van der Waals surface area contributed by atoms with E-state index in [2.05, 4.69) is 129 Å². The highest BCUT2D eigenvalue weighted by Gasteiger charge is 2.16. The average Bonchev–Trinajstić information content (AvgIpc) is 3.54. The van der Waals surface area contributed by atoms with E-state index in [-0.39, 0.29) is 0 Å². The maximum atomic E-state index is 10.1. The van der Waals surface area contributed by atoms with Gasteiger partial charge >= 0.3 is 0 Å². The molecule has 0 unspecified atom stereocenters. The maximum absolute atomic E-state index is 10.1. The molecule has 5 aromatic carbocycles. The number of rotatable bonds is 3. The molecule has 0 aliphatic heterocycles. The van der Waals surface area contributed by atoms with E-state index in [1.165, 1.54) is 21.5 Å². The van der Waals surface area contributed by atoms with Gasteiger partial charge in [-0.3, -0.25) is 4.98 Å². The molecule has 0 atom stereocenters. The Kier molecular flexibility index (Phi) is 4.85. The molecule has 0 saturated carbocycles. The van der Waals surface area contributed by atoms with Crippen molar-refractivity contribution in [3.63, 3.8) is 0 Å². The molecule has 0 spiro atoms. The van der Waals surface area contributed by atoms with Crippen molar-refractivity contribution in [2.24, 2.45) is 0 Å². The Morgan fingerprint density at radius 2 is 0.975 bits per heavy atom. The molecule has 4 heteroatoms. The predicted octanol–water partition coefficient (Wildman–Crippen LogP) is 8.81. The number of nitrogens with zero attached hydrogens (tertiary/aromatic N) is 4. The SMILES string of the molecule is N#Cc1ccc(-n2c3ccccc3c3ccccc32)cc1-c1cncc(-n2c3ccccc3c3ccccc32)c1. The van der Waals surface area contributed by atoms with Crippen molar-refractivity contribution in [3.8, 4) is 28.6 Å². The Labute approximate surface area is 230 Å². The molecule has 8 aromatic rings. The molecule has 0 aliphatic rings. The standard InChI is InChI=1S/C36H22N4/c37-21-24-17-18-26(39-33-13-5-1-9-28(33)29-10-2-6-14-34(29)39)20-32(24)25-19-27(23-38-22-25)40-35-15-7-3-11-30(35)31-12-4-8-16-36(31)40/h1-20,22-23H. The number of nitriles is 1. The van der Waals surface area contributed by atoms with Gasteiger partial charge in [-0.05, 0) is 48.5 Å². The first kappa shape index (κ1) is 22.3. The van der Waals surface area contributed by atoms with E-state index in [4.69, 9.17) is 0 Å². The summed E-state index contributed by atoms with van der Waals surface area (Å²) in [5.41, 5.74) is 8.87. The van der Waals surface area contributed by atoms with Crippen molar-refractivity contribution in [1.29, 1.82) is 5.26 Å². The fourth-order valence-electron chi connectivity index (χ4n) is 6.11. The van der Waals surface area contributed by atoms with E-state index in [1.54, 1.807) is 0 Å². The highest BCUT2D eigenvalue weighted by atomic mass is 15.0. The van der Waals surface area contributed by atoms with Gasteiger partial charge in [-0.25, -0.2) is 0 Å². The van der Waals surface area contributed by atoms with Crippen molar-refractivity contribution in [1.82, 2.24) is 14.1 Å². The third-order valence-electron chi connectivity index (χ3n) is 7.83. The van der Waals surface area contributed by atoms with E-state index in [1.807, 2.05) is 24.5 Å². The van der Waals surface area contributed by atoms with Crippen LogP contribution in [-0.2, 0) is 0 Å². The van der Waals surface area contributed by atoms with Crippen LogP contribution < -0.4 is 0 Å². The van der Waals surface area contributed by atoms with Gasteiger partial charge in [0.2, 0.25) is 0 Å². The van der Waals surface area contributed by atoms with E-state index in [9.17, 15) is 5.26 Å². The van der Waals surface area contributed by atoms with Crippen LogP contribution in [0.5, 0.6) is 0 Å².